The normalized spacial score (nSPS) is 15.3. The molecule has 2 rings (SSSR count). The van der Waals surface area contributed by atoms with Crippen LogP contribution >= 0.6 is 0 Å². The lowest BCUT2D eigenvalue weighted by atomic mass is 10.0. The van der Waals surface area contributed by atoms with Gasteiger partial charge in [-0.25, -0.2) is 9.78 Å². The molecular formula is C18H25N3O4. The monoisotopic (exact) mass is 347 g/mol. The maximum absolute atomic E-state index is 12.3. The fourth-order valence-electron chi connectivity index (χ4n) is 2.92. The Bertz CT molecular complexity index is 664. The molecule has 1 aromatic heterocycles. The van der Waals surface area contributed by atoms with Crippen molar-refractivity contribution in [3.05, 3.63) is 29.1 Å². The van der Waals surface area contributed by atoms with E-state index in [-0.39, 0.29) is 29.1 Å². The summed E-state index contributed by atoms with van der Waals surface area (Å²) in [5.41, 5.74) is 0.614. The minimum Gasteiger partial charge on any atom is -0.478 e. The Morgan fingerprint density at radius 1 is 1.28 bits per heavy atom. The van der Waals surface area contributed by atoms with E-state index in [1.165, 1.54) is 12.1 Å². The van der Waals surface area contributed by atoms with E-state index >= 15 is 0 Å². The molecule has 0 bridgehead atoms. The van der Waals surface area contributed by atoms with Crippen molar-refractivity contribution in [1.82, 2.24) is 15.2 Å². The number of nitrogens with one attached hydrogen (secondary N) is 1. The standard InChI is InChI=1S/C18H25N3O4/c1-11(2)10-16(22)21-8-6-13(7-9-21)20-17(23)15-5-4-14(18(24)25)12(3)19-15/h4-5,11,13H,6-10H2,1-3H3,(H,20,23)(H,24,25). The van der Waals surface area contributed by atoms with Crippen molar-refractivity contribution in [2.75, 3.05) is 13.1 Å². The van der Waals surface area contributed by atoms with Crippen LogP contribution in [-0.2, 0) is 4.79 Å². The topological polar surface area (TPSA) is 99.6 Å². The smallest absolute Gasteiger partial charge is 0.337 e. The zero-order valence-corrected chi connectivity index (χ0v) is 14.9. The van der Waals surface area contributed by atoms with Gasteiger partial charge in [0.15, 0.2) is 0 Å². The number of rotatable bonds is 5. The lowest BCUT2D eigenvalue weighted by Crippen LogP contribution is -2.46. The summed E-state index contributed by atoms with van der Waals surface area (Å²) in [7, 11) is 0. The van der Waals surface area contributed by atoms with Crippen LogP contribution in [0.3, 0.4) is 0 Å². The minimum absolute atomic E-state index is 0.00291. The highest BCUT2D eigenvalue weighted by atomic mass is 16.4. The molecule has 7 heteroatoms. The molecule has 1 aromatic rings. The summed E-state index contributed by atoms with van der Waals surface area (Å²) in [6, 6.07) is 2.82. The second kappa shape index (κ2) is 8.09. The molecule has 25 heavy (non-hydrogen) atoms. The van der Waals surface area contributed by atoms with E-state index in [2.05, 4.69) is 10.3 Å². The average molecular weight is 347 g/mol. The third-order valence-electron chi connectivity index (χ3n) is 4.31. The number of carboxylic acid groups (broad SMARTS) is 1. The number of aromatic nitrogens is 1. The number of hydrogen-bond donors (Lipinski definition) is 2. The van der Waals surface area contributed by atoms with Crippen LogP contribution in [0.5, 0.6) is 0 Å². The lowest BCUT2D eigenvalue weighted by Gasteiger charge is -2.32. The number of piperidine rings is 1. The van der Waals surface area contributed by atoms with Crippen molar-refractivity contribution < 1.29 is 19.5 Å². The molecule has 2 amide bonds. The van der Waals surface area contributed by atoms with Gasteiger partial charge >= 0.3 is 5.97 Å². The molecule has 2 N–H and O–H groups in total. The Balaban J connectivity index is 1.89. The molecule has 2 heterocycles. The van der Waals surface area contributed by atoms with Crippen molar-refractivity contribution in [2.24, 2.45) is 5.92 Å². The molecule has 0 atom stereocenters. The number of nitrogens with zero attached hydrogens (tertiary/aromatic N) is 2. The molecule has 0 radical (unpaired) electrons. The highest BCUT2D eigenvalue weighted by molar-refractivity contribution is 5.94. The van der Waals surface area contributed by atoms with E-state index in [1.54, 1.807) is 6.92 Å². The Kier molecular flexibility index (Phi) is 6.12. The molecule has 0 saturated carbocycles. The van der Waals surface area contributed by atoms with Crippen LogP contribution in [0.4, 0.5) is 0 Å². The van der Waals surface area contributed by atoms with Crippen LogP contribution in [0.1, 0.15) is 59.7 Å². The summed E-state index contributed by atoms with van der Waals surface area (Å²) in [6.07, 6.45) is 1.97. The van der Waals surface area contributed by atoms with Crippen molar-refractivity contribution >= 4 is 17.8 Å². The van der Waals surface area contributed by atoms with Gasteiger partial charge in [0, 0.05) is 25.6 Å². The summed E-state index contributed by atoms with van der Waals surface area (Å²) in [5.74, 6) is -0.864. The summed E-state index contributed by atoms with van der Waals surface area (Å²) in [5, 5.41) is 11.9. The van der Waals surface area contributed by atoms with Gasteiger partial charge in [0.2, 0.25) is 5.91 Å². The van der Waals surface area contributed by atoms with Gasteiger partial charge in [-0.15, -0.1) is 0 Å². The number of aryl methyl sites for hydroxylation is 1. The summed E-state index contributed by atoms with van der Waals surface area (Å²) >= 11 is 0. The van der Waals surface area contributed by atoms with E-state index in [9.17, 15) is 14.4 Å². The number of amides is 2. The zero-order chi connectivity index (χ0) is 18.6. The van der Waals surface area contributed by atoms with E-state index < -0.39 is 5.97 Å². The van der Waals surface area contributed by atoms with Crippen LogP contribution in [0.2, 0.25) is 0 Å². The quantitative estimate of drug-likeness (QED) is 0.847. The summed E-state index contributed by atoms with van der Waals surface area (Å²) in [6.45, 7) is 6.89. The number of likely N-dealkylation sites (tertiary alicyclic amines) is 1. The van der Waals surface area contributed by atoms with Gasteiger partial charge in [0.25, 0.3) is 5.91 Å². The highest BCUT2D eigenvalue weighted by Gasteiger charge is 2.25. The highest BCUT2D eigenvalue weighted by Crippen LogP contribution is 2.14. The number of hydrogen-bond acceptors (Lipinski definition) is 4. The molecule has 1 aliphatic heterocycles. The molecule has 0 aromatic carbocycles. The summed E-state index contributed by atoms with van der Waals surface area (Å²) < 4.78 is 0. The maximum Gasteiger partial charge on any atom is 0.337 e. The van der Waals surface area contributed by atoms with Gasteiger partial charge in [-0.3, -0.25) is 9.59 Å². The van der Waals surface area contributed by atoms with Crippen molar-refractivity contribution in [1.29, 1.82) is 0 Å². The van der Waals surface area contributed by atoms with E-state index in [1.807, 2.05) is 18.7 Å². The van der Waals surface area contributed by atoms with Gasteiger partial charge in [-0.2, -0.15) is 0 Å². The molecular weight excluding hydrogens is 322 g/mol. The second-order valence-electron chi connectivity index (χ2n) is 6.86. The lowest BCUT2D eigenvalue weighted by molar-refractivity contribution is -0.133. The van der Waals surface area contributed by atoms with E-state index in [0.29, 0.717) is 44.0 Å². The minimum atomic E-state index is -1.06. The summed E-state index contributed by atoms with van der Waals surface area (Å²) in [4.78, 5) is 41.3. The zero-order valence-electron chi connectivity index (χ0n) is 14.9. The third-order valence-corrected chi connectivity index (χ3v) is 4.31. The fraction of sp³-hybridized carbons (Fsp3) is 0.556. The number of carbonyl (C=O) groups excluding carboxylic acids is 2. The Morgan fingerprint density at radius 3 is 2.44 bits per heavy atom. The average Bonchev–Trinajstić information content (AvgIpc) is 2.54. The number of aromatic carboxylic acids is 1. The van der Waals surface area contributed by atoms with Crippen LogP contribution in [0.25, 0.3) is 0 Å². The van der Waals surface area contributed by atoms with E-state index in [4.69, 9.17) is 5.11 Å². The predicted octanol–water partition coefficient (Wildman–Crippen LogP) is 1.86. The Morgan fingerprint density at radius 2 is 1.92 bits per heavy atom. The van der Waals surface area contributed by atoms with Crippen LogP contribution < -0.4 is 5.32 Å². The Hall–Kier alpha value is -2.44. The number of carbonyl (C=O) groups is 3. The number of pyridine rings is 1. The van der Waals surface area contributed by atoms with Gasteiger partial charge in [0.05, 0.1) is 11.3 Å². The van der Waals surface area contributed by atoms with Crippen LogP contribution in [0, 0.1) is 12.8 Å². The van der Waals surface area contributed by atoms with Crippen molar-refractivity contribution in [3.8, 4) is 0 Å². The second-order valence-corrected chi connectivity index (χ2v) is 6.86. The Labute approximate surface area is 147 Å². The van der Waals surface area contributed by atoms with Gasteiger partial charge < -0.3 is 15.3 Å². The molecule has 136 valence electrons. The first-order valence-electron chi connectivity index (χ1n) is 8.57. The molecule has 7 nitrogen and oxygen atoms in total. The molecule has 0 unspecified atom stereocenters. The third kappa shape index (κ3) is 5.01. The molecule has 1 aliphatic rings. The largest absolute Gasteiger partial charge is 0.478 e. The molecule has 0 spiro atoms. The predicted molar refractivity (Wildman–Crippen MR) is 92.5 cm³/mol. The molecule has 1 fully saturated rings. The van der Waals surface area contributed by atoms with Crippen LogP contribution in [-0.4, -0.2) is 51.9 Å². The first-order chi connectivity index (χ1) is 11.8. The van der Waals surface area contributed by atoms with Crippen molar-refractivity contribution in [3.63, 3.8) is 0 Å². The van der Waals surface area contributed by atoms with Gasteiger partial charge in [0.1, 0.15) is 5.69 Å². The first-order valence-corrected chi connectivity index (χ1v) is 8.57. The van der Waals surface area contributed by atoms with Gasteiger partial charge in [-0.1, -0.05) is 13.8 Å². The number of carboxylic acids is 1. The van der Waals surface area contributed by atoms with Crippen molar-refractivity contribution in [2.45, 2.75) is 46.1 Å². The molecule has 0 aliphatic carbocycles. The fourth-order valence-corrected chi connectivity index (χ4v) is 2.92. The van der Waals surface area contributed by atoms with Crippen LogP contribution in [0.15, 0.2) is 12.1 Å². The van der Waals surface area contributed by atoms with Gasteiger partial charge in [-0.05, 0) is 37.8 Å². The SMILES string of the molecule is Cc1nc(C(=O)NC2CCN(C(=O)CC(C)C)CC2)ccc1C(=O)O. The maximum atomic E-state index is 12.3. The molecule has 1 saturated heterocycles. The first kappa shape index (κ1) is 18.9. The van der Waals surface area contributed by atoms with E-state index in [0.717, 1.165) is 0 Å².